The molecule has 9 heteroatoms. The molecule has 0 spiro atoms. The third-order valence-electron chi connectivity index (χ3n) is 2.47. The number of carbonyl (C=O) groups is 1. The second kappa shape index (κ2) is 6.28. The molecule has 21 heavy (non-hydrogen) atoms. The lowest BCUT2D eigenvalue weighted by Crippen LogP contribution is -2.30. The molecule has 0 unspecified atom stereocenters. The van der Waals surface area contributed by atoms with Gasteiger partial charge in [-0.05, 0) is 12.1 Å². The quantitative estimate of drug-likeness (QED) is 0.625. The number of hydrogen-bond acceptors (Lipinski definition) is 7. The largest absolute Gasteiger partial charge is 0.481 e. The fraction of sp³-hybridized carbons (Fsp3) is 0.0833. The van der Waals surface area contributed by atoms with Gasteiger partial charge in [0.05, 0.1) is 12.0 Å². The summed E-state index contributed by atoms with van der Waals surface area (Å²) < 4.78 is 4.91. The van der Waals surface area contributed by atoms with Gasteiger partial charge in [-0.3, -0.25) is 25.8 Å². The Balaban J connectivity index is 1.99. The molecule has 108 valence electrons. The molecule has 0 aliphatic carbocycles. The molecule has 0 fully saturated rings. The zero-order valence-corrected chi connectivity index (χ0v) is 10.9. The molecule has 9 nitrogen and oxygen atoms in total. The number of hydrazine groups is 1. The van der Waals surface area contributed by atoms with Crippen LogP contribution in [0.2, 0.25) is 0 Å². The minimum atomic E-state index is -0.538. The van der Waals surface area contributed by atoms with Crippen molar-refractivity contribution in [3.63, 3.8) is 0 Å². The number of nitrogens with zero attached hydrogens (tertiary/aromatic N) is 3. The Morgan fingerprint density at radius 3 is 2.62 bits per heavy atom. The van der Waals surface area contributed by atoms with Gasteiger partial charge in [0, 0.05) is 30.0 Å². The van der Waals surface area contributed by atoms with Crippen molar-refractivity contribution in [1.82, 2.24) is 15.4 Å². The average Bonchev–Trinajstić information content (AvgIpc) is 2.53. The molecule has 1 aromatic carbocycles. The first-order valence-corrected chi connectivity index (χ1v) is 5.78. The van der Waals surface area contributed by atoms with Gasteiger partial charge in [-0.25, -0.2) is 4.98 Å². The Hall–Kier alpha value is -3.23. The van der Waals surface area contributed by atoms with E-state index in [1.807, 2.05) is 0 Å². The number of nitro groups is 1. The van der Waals surface area contributed by atoms with Gasteiger partial charge in [0.15, 0.2) is 0 Å². The van der Waals surface area contributed by atoms with Crippen molar-refractivity contribution >= 4 is 17.5 Å². The molecule has 0 bridgehead atoms. The molecule has 1 aromatic heterocycles. The van der Waals surface area contributed by atoms with Crippen LogP contribution in [-0.4, -0.2) is 27.9 Å². The zero-order chi connectivity index (χ0) is 15.2. The zero-order valence-electron chi connectivity index (χ0n) is 10.9. The van der Waals surface area contributed by atoms with Gasteiger partial charge >= 0.3 is 0 Å². The van der Waals surface area contributed by atoms with Crippen molar-refractivity contribution in [2.24, 2.45) is 0 Å². The first kappa shape index (κ1) is 14.2. The van der Waals surface area contributed by atoms with Crippen LogP contribution in [0.5, 0.6) is 5.88 Å². The smallest absolute Gasteiger partial charge is 0.269 e. The second-order valence-electron chi connectivity index (χ2n) is 3.81. The minimum Gasteiger partial charge on any atom is -0.481 e. The van der Waals surface area contributed by atoms with Crippen molar-refractivity contribution in [3.05, 3.63) is 52.2 Å². The van der Waals surface area contributed by atoms with Crippen LogP contribution >= 0.6 is 0 Å². The number of aromatic nitrogens is 2. The van der Waals surface area contributed by atoms with E-state index in [9.17, 15) is 14.9 Å². The summed E-state index contributed by atoms with van der Waals surface area (Å²) in [7, 11) is 1.46. The maximum atomic E-state index is 11.8. The van der Waals surface area contributed by atoms with Gasteiger partial charge in [-0.15, -0.1) is 0 Å². The van der Waals surface area contributed by atoms with E-state index in [0.29, 0.717) is 5.88 Å². The number of rotatable bonds is 5. The molecule has 2 N–H and O–H groups in total. The van der Waals surface area contributed by atoms with E-state index in [0.717, 1.165) is 0 Å². The second-order valence-corrected chi connectivity index (χ2v) is 3.81. The van der Waals surface area contributed by atoms with E-state index in [1.54, 1.807) is 6.07 Å². The highest BCUT2D eigenvalue weighted by Crippen LogP contribution is 2.12. The van der Waals surface area contributed by atoms with E-state index in [-0.39, 0.29) is 17.2 Å². The van der Waals surface area contributed by atoms with Gasteiger partial charge in [0.25, 0.3) is 11.6 Å². The third-order valence-corrected chi connectivity index (χ3v) is 2.47. The van der Waals surface area contributed by atoms with E-state index < -0.39 is 10.8 Å². The van der Waals surface area contributed by atoms with Crippen molar-refractivity contribution in [2.45, 2.75) is 0 Å². The van der Waals surface area contributed by atoms with Crippen molar-refractivity contribution in [3.8, 4) is 5.88 Å². The SMILES string of the molecule is COc1ccnc(NNC(=O)c2ccc([N+](=O)[O-])cc2)n1. The molecule has 0 aliphatic heterocycles. The first-order chi connectivity index (χ1) is 10.1. The van der Waals surface area contributed by atoms with Crippen LogP contribution in [0.3, 0.4) is 0 Å². The summed E-state index contributed by atoms with van der Waals surface area (Å²) in [6.45, 7) is 0. The normalized spacial score (nSPS) is 9.76. The number of nitrogens with one attached hydrogen (secondary N) is 2. The van der Waals surface area contributed by atoms with Gasteiger partial charge in [0.2, 0.25) is 11.8 Å². The molecule has 0 atom stereocenters. The molecule has 2 aromatic rings. The van der Waals surface area contributed by atoms with Crippen LogP contribution < -0.4 is 15.6 Å². The van der Waals surface area contributed by atoms with Gasteiger partial charge in [-0.2, -0.15) is 4.98 Å². The van der Waals surface area contributed by atoms with Crippen LogP contribution in [-0.2, 0) is 0 Å². The molecule has 2 rings (SSSR count). The van der Waals surface area contributed by atoms with Crippen molar-refractivity contribution < 1.29 is 14.5 Å². The molecular formula is C12H11N5O4. The molecule has 0 radical (unpaired) electrons. The monoisotopic (exact) mass is 289 g/mol. The molecular weight excluding hydrogens is 278 g/mol. The number of non-ortho nitro benzene ring substituents is 1. The third kappa shape index (κ3) is 3.62. The van der Waals surface area contributed by atoms with Crippen LogP contribution in [0, 0.1) is 10.1 Å². The summed E-state index contributed by atoms with van der Waals surface area (Å²) in [6, 6.07) is 6.75. The van der Waals surface area contributed by atoms with Crippen LogP contribution in [0.25, 0.3) is 0 Å². The highest BCUT2D eigenvalue weighted by atomic mass is 16.6. The molecule has 0 saturated heterocycles. The predicted molar refractivity (Wildman–Crippen MR) is 72.8 cm³/mol. The molecule has 0 saturated carbocycles. The fourth-order valence-corrected chi connectivity index (χ4v) is 1.44. The first-order valence-electron chi connectivity index (χ1n) is 5.78. The number of ether oxygens (including phenoxy) is 1. The lowest BCUT2D eigenvalue weighted by molar-refractivity contribution is -0.384. The summed E-state index contributed by atoms with van der Waals surface area (Å²) in [5.41, 5.74) is 5.07. The molecule has 0 aliphatic rings. The standard InChI is InChI=1S/C12H11N5O4/c1-21-10-6-7-13-12(14-10)16-15-11(18)8-2-4-9(5-3-8)17(19)20/h2-7H,1H3,(H,15,18)(H,13,14,16). The number of benzene rings is 1. The van der Waals surface area contributed by atoms with Crippen molar-refractivity contribution in [2.75, 3.05) is 12.5 Å². The lowest BCUT2D eigenvalue weighted by Gasteiger charge is -2.07. The average molecular weight is 289 g/mol. The number of methoxy groups -OCH3 is 1. The highest BCUT2D eigenvalue weighted by Gasteiger charge is 2.09. The minimum absolute atomic E-state index is 0.0874. The van der Waals surface area contributed by atoms with E-state index in [2.05, 4.69) is 20.8 Å². The van der Waals surface area contributed by atoms with E-state index in [1.165, 1.54) is 37.6 Å². The maximum Gasteiger partial charge on any atom is 0.269 e. The summed E-state index contributed by atoms with van der Waals surface area (Å²) in [5.74, 6) is 0.0259. The maximum absolute atomic E-state index is 11.8. The van der Waals surface area contributed by atoms with Gasteiger partial charge in [-0.1, -0.05) is 0 Å². The molecule has 1 amide bonds. The fourth-order valence-electron chi connectivity index (χ4n) is 1.44. The van der Waals surface area contributed by atoms with Crippen LogP contribution in [0.1, 0.15) is 10.4 Å². The van der Waals surface area contributed by atoms with Crippen molar-refractivity contribution in [1.29, 1.82) is 0 Å². The topological polar surface area (TPSA) is 119 Å². The van der Waals surface area contributed by atoms with E-state index >= 15 is 0 Å². The van der Waals surface area contributed by atoms with E-state index in [4.69, 9.17) is 4.74 Å². The summed E-state index contributed by atoms with van der Waals surface area (Å²) in [5, 5.41) is 10.5. The number of anilines is 1. The number of nitro benzene ring substituents is 1. The summed E-state index contributed by atoms with van der Waals surface area (Å²) >= 11 is 0. The predicted octanol–water partition coefficient (Wildman–Crippen LogP) is 1.15. The highest BCUT2D eigenvalue weighted by molar-refractivity contribution is 5.94. The number of hydrogen-bond donors (Lipinski definition) is 2. The van der Waals surface area contributed by atoms with Gasteiger partial charge < -0.3 is 4.74 Å². The Labute approximate surface area is 119 Å². The Bertz CT molecular complexity index is 659. The molecule has 1 heterocycles. The summed E-state index contributed by atoms with van der Waals surface area (Å²) in [6.07, 6.45) is 1.46. The lowest BCUT2D eigenvalue weighted by atomic mass is 10.2. The summed E-state index contributed by atoms with van der Waals surface area (Å²) in [4.78, 5) is 29.6. The van der Waals surface area contributed by atoms with Crippen LogP contribution in [0.15, 0.2) is 36.5 Å². The Morgan fingerprint density at radius 1 is 1.29 bits per heavy atom. The Morgan fingerprint density at radius 2 is 2.00 bits per heavy atom. The van der Waals surface area contributed by atoms with Crippen LogP contribution in [0.4, 0.5) is 11.6 Å². The number of amides is 1. The Kier molecular flexibility index (Phi) is 4.24. The van der Waals surface area contributed by atoms with Gasteiger partial charge in [0.1, 0.15) is 0 Å². The number of carbonyl (C=O) groups excluding carboxylic acids is 1.